The van der Waals surface area contributed by atoms with Gasteiger partial charge in [-0.3, -0.25) is 9.59 Å². The van der Waals surface area contributed by atoms with Crippen molar-refractivity contribution in [1.29, 1.82) is 0 Å². The zero-order chi connectivity index (χ0) is 22.2. The number of carbonyl (C=O) groups excluding carboxylic acids is 2. The Morgan fingerprint density at radius 1 is 0.700 bits per heavy atom. The van der Waals surface area contributed by atoms with Crippen molar-refractivity contribution in [3.63, 3.8) is 0 Å². The van der Waals surface area contributed by atoms with Crippen molar-refractivity contribution in [3.8, 4) is 0 Å². The minimum atomic E-state index is -4.21. The number of hydrogen-bond acceptors (Lipinski definition) is 3. The van der Waals surface area contributed by atoms with Crippen LogP contribution in [-0.4, -0.2) is 11.0 Å². The van der Waals surface area contributed by atoms with Gasteiger partial charge in [-0.25, -0.2) is 0 Å². The molecule has 3 rings (SSSR count). The van der Waals surface area contributed by atoms with Crippen molar-refractivity contribution in [1.82, 2.24) is 0 Å². The van der Waals surface area contributed by atoms with E-state index in [0.717, 1.165) is 22.3 Å². The SMILES string of the molecule is Cc1cc(C)c(C)c(C(=O)P(=O)(C(=O)c2c(C)cccc2Cl)c2ccccc2)c1C. The molecule has 0 amide bonds. The maximum absolute atomic E-state index is 14.5. The second-order valence-corrected chi connectivity index (χ2v) is 10.6. The highest BCUT2D eigenvalue weighted by Gasteiger charge is 2.45. The van der Waals surface area contributed by atoms with Crippen molar-refractivity contribution in [3.05, 3.63) is 98.6 Å². The standard InChI is InChI=1S/C25H24ClO3P/c1-15-10-9-13-21(26)22(15)24(27)30(29,20-11-7-6-8-12-20)25(28)23-18(4)16(2)14-17(3)19(23)5/h6-14H,1-5H3. The lowest BCUT2D eigenvalue weighted by Gasteiger charge is -2.21. The normalized spacial score (nSPS) is 13.0. The summed E-state index contributed by atoms with van der Waals surface area (Å²) in [5.74, 6) is 0. The fraction of sp³-hybridized carbons (Fsp3) is 0.200. The van der Waals surface area contributed by atoms with Crippen LogP contribution in [0, 0.1) is 34.6 Å². The summed E-state index contributed by atoms with van der Waals surface area (Å²) in [5.41, 5.74) is 3.04. The predicted octanol–water partition coefficient (Wildman–Crippen LogP) is 6.55. The van der Waals surface area contributed by atoms with Crippen molar-refractivity contribution in [2.75, 3.05) is 0 Å². The molecular weight excluding hydrogens is 415 g/mol. The summed E-state index contributed by atoms with van der Waals surface area (Å²) >= 11 is 6.33. The van der Waals surface area contributed by atoms with Gasteiger partial charge in [0.25, 0.3) is 0 Å². The summed E-state index contributed by atoms with van der Waals surface area (Å²) in [7, 11) is -4.21. The van der Waals surface area contributed by atoms with Crippen LogP contribution in [0.3, 0.4) is 0 Å². The first-order valence-electron chi connectivity index (χ1n) is 9.68. The summed E-state index contributed by atoms with van der Waals surface area (Å²) < 4.78 is 14.5. The molecule has 5 heteroatoms. The molecule has 0 saturated carbocycles. The minimum absolute atomic E-state index is 0.138. The molecular formula is C25H24ClO3P. The zero-order valence-electron chi connectivity index (χ0n) is 17.7. The van der Waals surface area contributed by atoms with Gasteiger partial charge in [0.1, 0.15) is 0 Å². The van der Waals surface area contributed by atoms with E-state index < -0.39 is 18.2 Å². The molecule has 0 aromatic heterocycles. The average Bonchev–Trinajstić information content (AvgIpc) is 2.72. The van der Waals surface area contributed by atoms with Gasteiger partial charge in [0.15, 0.2) is 0 Å². The molecule has 0 saturated heterocycles. The molecule has 0 N–H and O–H groups in total. The molecule has 30 heavy (non-hydrogen) atoms. The van der Waals surface area contributed by atoms with Gasteiger partial charge in [0.2, 0.25) is 18.2 Å². The Hall–Kier alpha value is -2.48. The molecule has 154 valence electrons. The van der Waals surface area contributed by atoms with Gasteiger partial charge < -0.3 is 4.57 Å². The Balaban J connectivity index is 2.35. The van der Waals surface area contributed by atoms with Crippen molar-refractivity contribution < 1.29 is 14.2 Å². The van der Waals surface area contributed by atoms with E-state index in [1.165, 1.54) is 0 Å². The molecule has 3 aromatic carbocycles. The Kier molecular flexibility index (Phi) is 6.17. The van der Waals surface area contributed by atoms with Crippen LogP contribution >= 0.6 is 18.7 Å². The van der Waals surface area contributed by atoms with Gasteiger partial charge in [0.05, 0.1) is 5.02 Å². The van der Waals surface area contributed by atoms with E-state index >= 15 is 0 Å². The van der Waals surface area contributed by atoms with Gasteiger partial charge in [0, 0.05) is 16.4 Å². The van der Waals surface area contributed by atoms with E-state index in [9.17, 15) is 14.2 Å². The van der Waals surface area contributed by atoms with Gasteiger partial charge >= 0.3 is 0 Å². The molecule has 1 unspecified atom stereocenters. The monoisotopic (exact) mass is 438 g/mol. The minimum Gasteiger partial charge on any atom is -0.302 e. The topological polar surface area (TPSA) is 51.2 Å². The summed E-state index contributed by atoms with van der Waals surface area (Å²) in [6.07, 6.45) is 0. The van der Waals surface area contributed by atoms with Crippen LogP contribution < -0.4 is 5.30 Å². The fourth-order valence-electron chi connectivity index (χ4n) is 3.72. The van der Waals surface area contributed by atoms with E-state index in [4.69, 9.17) is 11.6 Å². The van der Waals surface area contributed by atoms with Crippen LogP contribution in [0.1, 0.15) is 48.5 Å². The summed E-state index contributed by atoms with van der Waals surface area (Å²) in [6.45, 7) is 9.20. The first-order chi connectivity index (χ1) is 14.1. The highest BCUT2D eigenvalue weighted by molar-refractivity contribution is 8.01. The molecule has 0 radical (unpaired) electrons. The van der Waals surface area contributed by atoms with E-state index in [1.807, 2.05) is 33.8 Å². The highest BCUT2D eigenvalue weighted by atomic mass is 35.5. The van der Waals surface area contributed by atoms with E-state index in [0.29, 0.717) is 11.1 Å². The van der Waals surface area contributed by atoms with Gasteiger partial charge in [-0.1, -0.05) is 60.1 Å². The van der Waals surface area contributed by atoms with Gasteiger partial charge in [-0.2, -0.15) is 0 Å². The number of benzene rings is 3. The summed E-state index contributed by atoms with van der Waals surface area (Å²) in [5, 5.41) is 0.412. The Bertz CT molecular complexity index is 1170. The highest BCUT2D eigenvalue weighted by Crippen LogP contribution is 2.53. The van der Waals surface area contributed by atoms with Crippen LogP contribution in [0.4, 0.5) is 0 Å². The molecule has 1 atom stereocenters. The molecule has 0 aliphatic carbocycles. The van der Waals surface area contributed by atoms with E-state index in [-0.39, 0.29) is 15.9 Å². The first-order valence-corrected chi connectivity index (χ1v) is 11.8. The van der Waals surface area contributed by atoms with Crippen LogP contribution in [0.5, 0.6) is 0 Å². The van der Waals surface area contributed by atoms with Crippen LogP contribution in [0.15, 0.2) is 54.6 Å². The summed E-state index contributed by atoms with van der Waals surface area (Å²) in [4.78, 5) is 27.7. The third-order valence-corrected chi connectivity index (χ3v) is 8.64. The Morgan fingerprint density at radius 3 is 1.77 bits per heavy atom. The van der Waals surface area contributed by atoms with Crippen molar-refractivity contribution in [2.24, 2.45) is 0 Å². The molecule has 3 nitrogen and oxygen atoms in total. The lowest BCUT2D eigenvalue weighted by atomic mass is 9.95. The number of hydrogen-bond donors (Lipinski definition) is 0. The second kappa shape index (κ2) is 8.34. The smallest absolute Gasteiger partial charge is 0.248 e. The second-order valence-electron chi connectivity index (χ2n) is 7.62. The molecule has 0 heterocycles. The lowest BCUT2D eigenvalue weighted by Crippen LogP contribution is -2.23. The predicted molar refractivity (Wildman–Crippen MR) is 124 cm³/mol. The molecule has 0 aliphatic heterocycles. The Morgan fingerprint density at radius 2 is 1.23 bits per heavy atom. The quantitative estimate of drug-likeness (QED) is 0.424. The average molecular weight is 439 g/mol. The van der Waals surface area contributed by atoms with E-state index in [1.54, 1.807) is 55.5 Å². The first kappa shape index (κ1) is 22.2. The molecule has 0 fully saturated rings. The largest absolute Gasteiger partial charge is 0.302 e. The molecule has 0 aliphatic rings. The van der Waals surface area contributed by atoms with Crippen molar-refractivity contribution >= 4 is 35.1 Å². The maximum atomic E-state index is 14.5. The van der Waals surface area contributed by atoms with Crippen LogP contribution in [0.2, 0.25) is 5.02 Å². The molecule has 0 bridgehead atoms. The number of aryl methyl sites for hydroxylation is 3. The maximum Gasteiger partial charge on any atom is 0.248 e. The zero-order valence-corrected chi connectivity index (χ0v) is 19.4. The van der Waals surface area contributed by atoms with Crippen LogP contribution in [-0.2, 0) is 4.57 Å². The number of halogens is 1. The Labute approximate surface area is 182 Å². The van der Waals surface area contributed by atoms with Crippen LogP contribution in [0.25, 0.3) is 0 Å². The lowest BCUT2D eigenvalue weighted by molar-refractivity contribution is 0.104. The molecule has 0 spiro atoms. The third kappa shape index (κ3) is 3.57. The number of rotatable bonds is 5. The molecule has 3 aromatic rings. The summed E-state index contributed by atoms with van der Waals surface area (Å²) in [6, 6.07) is 15.3. The third-order valence-electron chi connectivity index (χ3n) is 5.71. The van der Waals surface area contributed by atoms with Crippen molar-refractivity contribution in [2.45, 2.75) is 34.6 Å². The van der Waals surface area contributed by atoms with Gasteiger partial charge in [-0.15, -0.1) is 0 Å². The number of carbonyl (C=O) groups is 2. The van der Waals surface area contributed by atoms with Gasteiger partial charge in [-0.05, 0) is 68.5 Å². The fourth-order valence-corrected chi connectivity index (χ4v) is 6.60. The van der Waals surface area contributed by atoms with E-state index in [2.05, 4.69) is 0 Å².